The third-order valence-electron chi connectivity index (χ3n) is 11.5. The molecule has 0 N–H and O–H groups in total. The molecule has 3 heterocycles. The number of aromatic nitrogens is 3. The van der Waals surface area contributed by atoms with E-state index in [1.807, 2.05) is 18.2 Å². The summed E-state index contributed by atoms with van der Waals surface area (Å²) in [6, 6.07) is 58.2. The summed E-state index contributed by atoms with van der Waals surface area (Å²) in [6.07, 6.45) is 0. The third kappa shape index (κ3) is 5.31. The van der Waals surface area contributed by atoms with Gasteiger partial charge in [0.2, 0.25) is 0 Å². The lowest BCUT2D eigenvalue weighted by molar-refractivity contribution is 0.436. The highest BCUT2D eigenvalue weighted by Crippen LogP contribution is 2.62. The van der Waals surface area contributed by atoms with Gasteiger partial charge < -0.3 is 4.74 Å². The van der Waals surface area contributed by atoms with Crippen LogP contribution in [-0.4, -0.2) is 15.0 Å². The van der Waals surface area contributed by atoms with Gasteiger partial charge in [-0.3, -0.25) is 4.98 Å². The fourth-order valence-corrected chi connectivity index (χ4v) is 8.79. The highest BCUT2D eigenvalue weighted by molar-refractivity contribution is 5.89. The van der Waals surface area contributed by atoms with Crippen LogP contribution in [0.4, 0.5) is 0 Å². The summed E-state index contributed by atoms with van der Waals surface area (Å²) >= 11 is 0. The molecule has 0 saturated carbocycles. The zero-order valence-electron chi connectivity index (χ0n) is 32.0. The summed E-state index contributed by atoms with van der Waals surface area (Å²) in [5, 5.41) is 0. The first-order chi connectivity index (χ1) is 27.4. The van der Waals surface area contributed by atoms with Crippen molar-refractivity contribution in [3.8, 4) is 67.7 Å². The zero-order chi connectivity index (χ0) is 38.0. The third-order valence-corrected chi connectivity index (χ3v) is 11.5. The molecule has 0 bridgehead atoms. The first-order valence-corrected chi connectivity index (χ1v) is 19.6. The SMILES string of the molecule is CC(C)c1ccc(-c2ccc(-c3cc(-c4ccc5c(c4)C4(c6ccccc6O5)c5ccccc5-c5ccccc54)nc(-c4ccccc4)n3)cc2)c(C(C)C)n1. The quantitative estimate of drug-likeness (QED) is 0.171. The van der Waals surface area contributed by atoms with Gasteiger partial charge in [0.25, 0.3) is 0 Å². The number of hydrogen-bond acceptors (Lipinski definition) is 4. The summed E-state index contributed by atoms with van der Waals surface area (Å²) in [4.78, 5) is 15.5. The van der Waals surface area contributed by atoms with Crippen molar-refractivity contribution in [1.29, 1.82) is 0 Å². The maximum absolute atomic E-state index is 6.72. The number of benzene rings is 6. The fraction of sp³-hybridized carbons (Fsp3) is 0.135. The van der Waals surface area contributed by atoms with Crippen LogP contribution in [0, 0.1) is 0 Å². The fourth-order valence-electron chi connectivity index (χ4n) is 8.79. The molecule has 4 heteroatoms. The van der Waals surface area contributed by atoms with E-state index >= 15 is 0 Å². The summed E-state index contributed by atoms with van der Waals surface area (Å²) in [5.74, 6) is 3.10. The largest absolute Gasteiger partial charge is 0.457 e. The maximum atomic E-state index is 6.72. The molecular formula is C52H41N3O. The highest BCUT2D eigenvalue weighted by atomic mass is 16.5. The van der Waals surface area contributed by atoms with Crippen molar-refractivity contribution in [2.75, 3.05) is 0 Å². The molecule has 2 aliphatic rings. The molecule has 0 unspecified atom stereocenters. The second kappa shape index (κ2) is 13.3. The molecular weight excluding hydrogens is 683 g/mol. The van der Waals surface area contributed by atoms with E-state index in [2.05, 4.69) is 173 Å². The number of fused-ring (bicyclic) bond motifs is 9. The average molecular weight is 724 g/mol. The maximum Gasteiger partial charge on any atom is 0.160 e. The van der Waals surface area contributed by atoms with Gasteiger partial charge in [-0.2, -0.15) is 0 Å². The minimum absolute atomic E-state index is 0.307. The molecule has 2 aromatic heterocycles. The Morgan fingerprint density at radius 3 is 1.66 bits per heavy atom. The summed E-state index contributed by atoms with van der Waals surface area (Å²) in [7, 11) is 0. The molecule has 6 aromatic carbocycles. The molecule has 4 nitrogen and oxygen atoms in total. The topological polar surface area (TPSA) is 47.9 Å². The number of hydrogen-bond donors (Lipinski definition) is 0. The number of nitrogens with zero attached hydrogens (tertiary/aromatic N) is 3. The normalized spacial score (nSPS) is 13.2. The van der Waals surface area contributed by atoms with Gasteiger partial charge in [0.05, 0.1) is 22.5 Å². The smallest absolute Gasteiger partial charge is 0.160 e. The molecule has 0 amide bonds. The molecule has 270 valence electrons. The van der Waals surface area contributed by atoms with Crippen LogP contribution in [0.15, 0.2) is 164 Å². The molecule has 1 spiro atoms. The van der Waals surface area contributed by atoms with Crippen molar-refractivity contribution in [2.24, 2.45) is 0 Å². The number of para-hydroxylation sites is 1. The minimum atomic E-state index is -0.557. The van der Waals surface area contributed by atoms with Crippen LogP contribution < -0.4 is 4.74 Å². The second-order valence-corrected chi connectivity index (χ2v) is 15.5. The van der Waals surface area contributed by atoms with E-state index in [0.29, 0.717) is 17.7 Å². The molecule has 0 fully saturated rings. The van der Waals surface area contributed by atoms with Crippen molar-refractivity contribution < 1.29 is 4.74 Å². The standard InChI is InChI=1S/C52H41N3O/c1-32(2)45-28-27-38(50(53-45)33(3)4)34-22-24-35(25-23-34)46-31-47(55-51(54-46)36-14-6-5-7-15-36)37-26-29-49-44(30-37)52(43-20-12-13-21-48(43)56-49)41-18-10-8-16-39(41)40-17-9-11-19-42(40)52/h5-33H,1-4H3. The zero-order valence-corrected chi connectivity index (χ0v) is 32.0. The Kier molecular flexibility index (Phi) is 8.04. The van der Waals surface area contributed by atoms with E-state index < -0.39 is 5.41 Å². The number of rotatable bonds is 6. The van der Waals surface area contributed by atoms with E-state index in [-0.39, 0.29) is 0 Å². The number of pyridine rings is 1. The van der Waals surface area contributed by atoms with Crippen molar-refractivity contribution in [3.05, 3.63) is 197 Å². The predicted octanol–water partition coefficient (Wildman–Crippen LogP) is 13.3. The molecule has 10 rings (SSSR count). The Balaban J connectivity index is 1.14. The Morgan fingerprint density at radius 1 is 0.411 bits per heavy atom. The number of ether oxygens (including phenoxy) is 1. The lowest BCUT2D eigenvalue weighted by atomic mass is 9.66. The van der Waals surface area contributed by atoms with Gasteiger partial charge in [-0.05, 0) is 76.1 Å². The van der Waals surface area contributed by atoms with Crippen LogP contribution in [0.25, 0.3) is 56.2 Å². The Morgan fingerprint density at radius 2 is 0.982 bits per heavy atom. The molecule has 56 heavy (non-hydrogen) atoms. The summed E-state index contributed by atoms with van der Waals surface area (Å²) < 4.78 is 6.72. The lowest BCUT2D eigenvalue weighted by Crippen LogP contribution is -2.32. The van der Waals surface area contributed by atoms with Gasteiger partial charge in [-0.15, -0.1) is 0 Å². The van der Waals surface area contributed by atoms with Crippen LogP contribution in [-0.2, 0) is 5.41 Å². The van der Waals surface area contributed by atoms with Gasteiger partial charge >= 0.3 is 0 Å². The van der Waals surface area contributed by atoms with E-state index in [4.69, 9.17) is 19.7 Å². The van der Waals surface area contributed by atoms with Gasteiger partial charge in [0.15, 0.2) is 5.82 Å². The van der Waals surface area contributed by atoms with Crippen LogP contribution >= 0.6 is 0 Å². The summed E-state index contributed by atoms with van der Waals surface area (Å²) in [5.41, 5.74) is 16.0. The highest BCUT2D eigenvalue weighted by Gasteiger charge is 2.51. The molecule has 1 aliphatic heterocycles. The van der Waals surface area contributed by atoms with Crippen molar-refractivity contribution in [2.45, 2.75) is 44.9 Å². The van der Waals surface area contributed by atoms with Crippen molar-refractivity contribution in [3.63, 3.8) is 0 Å². The predicted molar refractivity (Wildman–Crippen MR) is 227 cm³/mol. The van der Waals surface area contributed by atoms with Gasteiger partial charge in [0, 0.05) is 39.1 Å². The van der Waals surface area contributed by atoms with Crippen LogP contribution in [0.3, 0.4) is 0 Å². The van der Waals surface area contributed by atoms with Crippen LogP contribution in [0.5, 0.6) is 11.5 Å². The van der Waals surface area contributed by atoms with E-state index in [0.717, 1.165) is 67.7 Å². The van der Waals surface area contributed by atoms with Crippen LogP contribution in [0.2, 0.25) is 0 Å². The monoisotopic (exact) mass is 723 g/mol. The molecule has 0 saturated heterocycles. The van der Waals surface area contributed by atoms with E-state index in [1.165, 1.54) is 27.8 Å². The minimum Gasteiger partial charge on any atom is -0.457 e. The van der Waals surface area contributed by atoms with E-state index in [1.54, 1.807) is 0 Å². The van der Waals surface area contributed by atoms with Gasteiger partial charge in [0.1, 0.15) is 11.5 Å². The first-order valence-electron chi connectivity index (χ1n) is 19.6. The van der Waals surface area contributed by atoms with Gasteiger partial charge in [-0.25, -0.2) is 9.97 Å². The van der Waals surface area contributed by atoms with Crippen molar-refractivity contribution in [1.82, 2.24) is 15.0 Å². The lowest BCUT2D eigenvalue weighted by Gasteiger charge is -2.39. The van der Waals surface area contributed by atoms with E-state index in [9.17, 15) is 0 Å². The van der Waals surface area contributed by atoms with Crippen molar-refractivity contribution >= 4 is 0 Å². The molecule has 8 aromatic rings. The Hall–Kier alpha value is -6.65. The summed E-state index contributed by atoms with van der Waals surface area (Å²) in [6.45, 7) is 8.83. The molecule has 1 aliphatic carbocycles. The molecule has 0 radical (unpaired) electrons. The van der Waals surface area contributed by atoms with Crippen LogP contribution in [0.1, 0.15) is 73.2 Å². The first kappa shape index (κ1) is 33.9. The second-order valence-electron chi connectivity index (χ2n) is 15.5. The molecule has 0 atom stereocenters. The Bertz CT molecular complexity index is 2740. The Labute approximate surface area is 328 Å². The van der Waals surface area contributed by atoms with Gasteiger partial charge in [-0.1, -0.05) is 155 Å². The average Bonchev–Trinajstić information content (AvgIpc) is 3.54.